The van der Waals surface area contributed by atoms with Gasteiger partial charge in [-0.25, -0.2) is 14.8 Å². The number of pyridine rings is 1. The van der Waals surface area contributed by atoms with Crippen LogP contribution in [0.1, 0.15) is 12.5 Å². The van der Waals surface area contributed by atoms with Crippen LogP contribution in [-0.4, -0.2) is 53.5 Å². The number of nitrogens with two attached hydrogens (primary N) is 1. The molecule has 172 valence electrons. The third kappa shape index (κ3) is 3.98. The number of oxazole rings is 1. The van der Waals surface area contributed by atoms with Gasteiger partial charge in [-0.1, -0.05) is 0 Å². The van der Waals surface area contributed by atoms with Gasteiger partial charge in [0.25, 0.3) is 0 Å². The number of amidine groups is 1. The molecule has 4 heterocycles. The second-order valence-corrected chi connectivity index (χ2v) is 8.63. The molecule has 1 aromatic carbocycles. The molecule has 0 spiro atoms. The van der Waals surface area contributed by atoms with Gasteiger partial charge >= 0.3 is 5.76 Å². The van der Waals surface area contributed by atoms with Crippen molar-refractivity contribution in [2.24, 2.45) is 17.8 Å². The molecule has 2 aliphatic heterocycles. The SMILES string of the molecule is CC1=CNC(N)(c2ccc(N3CCN(C)CC3)nc2)N=C1Nc1ccc2oc(=O)n(C)c2c1. The summed E-state index contributed by atoms with van der Waals surface area (Å²) in [5.74, 6) is 0.0275. The number of likely N-dealkylation sites (N-methyl/N-ethyl adjacent to an activating group) is 1. The van der Waals surface area contributed by atoms with E-state index in [1.807, 2.05) is 37.4 Å². The van der Waals surface area contributed by atoms with Crippen molar-refractivity contribution in [2.45, 2.75) is 12.7 Å². The van der Waals surface area contributed by atoms with Gasteiger partial charge in [0, 0.05) is 62.4 Å². The van der Waals surface area contributed by atoms with Crippen molar-refractivity contribution >= 4 is 28.4 Å². The Morgan fingerprint density at radius 1 is 1.15 bits per heavy atom. The van der Waals surface area contributed by atoms with E-state index in [0.29, 0.717) is 16.9 Å². The van der Waals surface area contributed by atoms with Gasteiger partial charge in [-0.05, 0) is 44.3 Å². The predicted molar refractivity (Wildman–Crippen MR) is 129 cm³/mol. The maximum absolute atomic E-state index is 11.8. The van der Waals surface area contributed by atoms with Gasteiger partial charge in [0.05, 0.1) is 5.52 Å². The molecule has 1 saturated heterocycles. The van der Waals surface area contributed by atoms with Crippen LogP contribution in [0.4, 0.5) is 11.5 Å². The van der Waals surface area contributed by atoms with E-state index < -0.39 is 11.5 Å². The third-order valence-electron chi connectivity index (χ3n) is 6.24. The first-order valence-corrected chi connectivity index (χ1v) is 10.9. The summed E-state index contributed by atoms with van der Waals surface area (Å²) in [4.78, 5) is 25.8. The molecule has 3 aromatic rings. The Kier molecular flexibility index (Phi) is 5.18. The van der Waals surface area contributed by atoms with Gasteiger partial charge in [-0.15, -0.1) is 0 Å². The summed E-state index contributed by atoms with van der Waals surface area (Å²) in [6.45, 7) is 5.90. The standard InChI is InChI=1S/C23H28N8O2/c1-15-13-26-23(24,16-4-7-20(25-14-16)31-10-8-29(2)9-11-31)28-21(15)27-17-5-6-19-18(12-17)30(3)22(32)33-19/h4-7,12-14,26H,8-11,24H2,1-3H3,(H,27,28). The first-order valence-electron chi connectivity index (χ1n) is 10.9. The summed E-state index contributed by atoms with van der Waals surface area (Å²) in [7, 11) is 3.81. The zero-order chi connectivity index (χ0) is 23.2. The molecule has 10 heteroatoms. The molecule has 10 nitrogen and oxygen atoms in total. The Morgan fingerprint density at radius 2 is 1.94 bits per heavy atom. The number of anilines is 2. The zero-order valence-electron chi connectivity index (χ0n) is 19.0. The highest BCUT2D eigenvalue weighted by atomic mass is 16.4. The van der Waals surface area contributed by atoms with Crippen LogP contribution < -0.4 is 27.0 Å². The quantitative estimate of drug-likeness (QED) is 0.550. The fourth-order valence-corrected chi connectivity index (χ4v) is 4.03. The predicted octanol–water partition coefficient (Wildman–Crippen LogP) is 1.36. The van der Waals surface area contributed by atoms with Crippen molar-refractivity contribution in [1.29, 1.82) is 0 Å². The minimum absolute atomic E-state index is 0.397. The van der Waals surface area contributed by atoms with Gasteiger partial charge < -0.3 is 24.9 Å². The Bertz CT molecular complexity index is 1300. The van der Waals surface area contributed by atoms with Gasteiger partial charge in [0.15, 0.2) is 5.58 Å². The number of hydrogen-bond donors (Lipinski definition) is 3. The average molecular weight is 449 g/mol. The molecule has 0 bridgehead atoms. The smallest absolute Gasteiger partial charge is 0.408 e. The summed E-state index contributed by atoms with van der Waals surface area (Å²) in [5, 5.41) is 6.51. The maximum Gasteiger partial charge on any atom is 0.419 e. The van der Waals surface area contributed by atoms with Crippen LogP contribution in [0, 0.1) is 0 Å². The lowest BCUT2D eigenvalue weighted by Crippen LogP contribution is -2.50. The number of nitrogens with one attached hydrogen (secondary N) is 2. The number of aromatic nitrogens is 2. The van der Waals surface area contributed by atoms with E-state index in [0.717, 1.165) is 48.8 Å². The molecule has 0 aliphatic carbocycles. The summed E-state index contributed by atoms with van der Waals surface area (Å²) in [6.07, 6.45) is 3.62. The number of rotatable bonds is 3. The number of fused-ring (bicyclic) bond motifs is 1. The minimum Gasteiger partial charge on any atom is -0.408 e. The molecule has 0 radical (unpaired) electrons. The maximum atomic E-state index is 11.8. The Labute approximate surface area is 191 Å². The monoisotopic (exact) mass is 448 g/mol. The fourth-order valence-electron chi connectivity index (χ4n) is 4.03. The van der Waals surface area contributed by atoms with Crippen molar-refractivity contribution in [3.63, 3.8) is 0 Å². The van der Waals surface area contributed by atoms with E-state index in [4.69, 9.17) is 15.1 Å². The Hall–Kier alpha value is -3.63. The van der Waals surface area contributed by atoms with Crippen LogP contribution in [0.3, 0.4) is 0 Å². The van der Waals surface area contributed by atoms with Crippen LogP contribution in [0.25, 0.3) is 11.1 Å². The van der Waals surface area contributed by atoms with Gasteiger partial charge in [0.2, 0.25) is 5.79 Å². The highest BCUT2D eigenvalue weighted by molar-refractivity contribution is 6.08. The fraction of sp³-hybridized carbons (Fsp3) is 0.348. The Morgan fingerprint density at radius 3 is 2.67 bits per heavy atom. The first-order chi connectivity index (χ1) is 15.8. The van der Waals surface area contributed by atoms with E-state index >= 15 is 0 Å². The third-order valence-corrected chi connectivity index (χ3v) is 6.24. The number of benzene rings is 1. The van der Waals surface area contributed by atoms with Crippen molar-refractivity contribution in [1.82, 2.24) is 19.8 Å². The van der Waals surface area contributed by atoms with Crippen molar-refractivity contribution in [3.8, 4) is 0 Å². The van der Waals surface area contributed by atoms with E-state index in [9.17, 15) is 4.79 Å². The molecule has 2 aliphatic rings. The summed E-state index contributed by atoms with van der Waals surface area (Å²) in [6, 6.07) is 9.42. The molecule has 1 fully saturated rings. The summed E-state index contributed by atoms with van der Waals surface area (Å²) < 4.78 is 6.68. The Balaban J connectivity index is 1.39. The number of nitrogens with zero attached hydrogens (tertiary/aromatic N) is 5. The largest absolute Gasteiger partial charge is 0.419 e. The second kappa shape index (κ2) is 8.05. The van der Waals surface area contributed by atoms with Crippen LogP contribution >= 0.6 is 0 Å². The summed E-state index contributed by atoms with van der Waals surface area (Å²) >= 11 is 0. The van der Waals surface area contributed by atoms with E-state index in [1.54, 1.807) is 19.3 Å². The number of hydrogen-bond acceptors (Lipinski definition) is 9. The van der Waals surface area contributed by atoms with Crippen LogP contribution in [0.5, 0.6) is 0 Å². The van der Waals surface area contributed by atoms with E-state index in [1.165, 1.54) is 4.57 Å². The van der Waals surface area contributed by atoms with E-state index in [-0.39, 0.29) is 0 Å². The molecule has 0 saturated carbocycles. The molecule has 0 amide bonds. The normalized spacial score (nSPS) is 21.5. The van der Waals surface area contributed by atoms with Crippen LogP contribution in [-0.2, 0) is 12.8 Å². The zero-order valence-corrected chi connectivity index (χ0v) is 19.0. The van der Waals surface area contributed by atoms with Crippen LogP contribution in [0.2, 0.25) is 0 Å². The van der Waals surface area contributed by atoms with E-state index in [2.05, 4.69) is 32.5 Å². The van der Waals surface area contributed by atoms with Gasteiger partial charge in [-0.2, -0.15) is 0 Å². The highest BCUT2D eigenvalue weighted by Gasteiger charge is 2.30. The first kappa shape index (κ1) is 21.2. The molecular formula is C23H28N8O2. The van der Waals surface area contributed by atoms with Gasteiger partial charge in [0.1, 0.15) is 11.7 Å². The number of aliphatic imine (C=N–C) groups is 1. The van der Waals surface area contributed by atoms with Crippen molar-refractivity contribution in [2.75, 3.05) is 43.4 Å². The van der Waals surface area contributed by atoms with Crippen LogP contribution in [0.15, 0.2) is 62.5 Å². The molecule has 33 heavy (non-hydrogen) atoms. The molecule has 1 unspecified atom stereocenters. The molecule has 1 atom stereocenters. The van der Waals surface area contributed by atoms with Crippen molar-refractivity contribution < 1.29 is 4.42 Å². The molecule has 4 N–H and O–H groups in total. The molecular weight excluding hydrogens is 420 g/mol. The lowest BCUT2D eigenvalue weighted by molar-refractivity contribution is 0.312. The minimum atomic E-state index is -1.15. The second-order valence-electron chi connectivity index (χ2n) is 8.63. The highest BCUT2D eigenvalue weighted by Crippen LogP contribution is 2.25. The number of piperazine rings is 1. The molecule has 5 rings (SSSR count). The summed E-state index contributed by atoms with van der Waals surface area (Å²) in [5.41, 5.74) is 10.3. The lowest BCUT2D eigenvalue weighted by Gasteiger charge is -2.34. The molecule has 2 aromatic heterocycles. The topological polar surface area (TPSA) is 117 Å². The van der Waals surface area contributed by atoms with Crippen molar-refractivity contribution in [3.05, 3.63) is 64.4 Å². The lowest BCUT2D eigenvalue weighted by atomic mass is 10.1. The number of aryl methyl sites for hydroxylation is 1. The average Bonchev–Trinajstić information content (AvgIpc) is 3.10. The van der Waals surface area contributed by atoms with Gasteiger partial charge in [-0.3, -0.25) is 10.3 Å².